The molecule has 0 aliphatic heterocycles. The van der Waals surface area contributed by atoms with Gasteiger partial charge in [-0.3, -0.25) is 9.59 Å². The second-order valence-electron chi connectivity index (χ2n) is 6.47. The first-order chi connectivity index (χ1) is 14.5. The van der Waals surface area contributed by atoms with Gasteiger partial charge in [-0.1, -0.05) is 30.3 Å². The molecule has 0 spiro atoms. The third-order valence-electron chi connectivity index (χ3n) is 4.24. The minimum absolute atomic E-state index is 0.0590. The van der Waals surface area contributed by atoms with E-state index < -0.39 is 17.6 Å². The van der Waals surface area contributed by atoms with E-state index in [9.17, 15) is 14.0 Å². The summed E-state index contributed by atoms with van der Waals surface area (Å²) in [7, 11) is 1.52. The van der Waals surface area contributed by atoms with E-state index in [1.165, 1.54) is 25.3 Å². The van der Waals surface area contributed by atoms with Crippen LogP contribution >= 0.6 is 0 Å². The van der Waals surface area contributed by atoms with E-state index in [2.05, 4.69) is 10.6 Å². The summed E-state index contributed by atoms with van der Waals surface area (Å²) >= 11 is 0. The van der Waals surface area contributed by atoms with E-state index in [0.29, 0.717) is 11.4 Å². The van der Waals surface area contributed by atoms with Gasteiger partial charge in [0.1, 0.15) is 17.3 Å². The first kappa shape index (κ1) is 20.9. The van der Waals surface area contributed by atoms with Crippen molar-refractivity contribution in [3.63, 3.8) is 0 Å². The maximum absolute atomic E-state index is 13.7. The topological polar surface area (TPSA) is 76.7 Å². The standard InChI is InChI=1S/C23H21FN2O4/c1-15-11-12-21(29-2)19(13-15)26-23(28)16-7-3-6-10-20(16)30-14-22(27)25-18-9-5-4-8-17(18)24/h3-13H,14H2,1-2H3,(H,25,27)(H,26,28). The quantitative estimate of drug-likeness (QED) is 0.607. The van der Waals surface area contributed by atoms with Crippen LogP contribution in [-0.2, 0) is 4.79 Å². The second-order valence-corrected chi connectivity index (χ2v) is 6.47. The Morgan fingerprint density at radius 3 is 2.40 bits per heavy atom. The number of amides is 2. The van der Waals surface area contributed by atoms with Crippen molar-refractivity contribution in [1.29, 1.82) is 0 Å². The van der Waals surface area contributed by atoms with Gasteiger partial charge in [0.15, 0.2) is 6.61 Å². The molecule has 3 aromatic carbocycles. The van der Waals surface area contributed by atoms with Crippen LogP contribution in [0.5, 0.6) is 11.5 Å². The molecule has 0 fully saturated rings. The van der Waals surface area contributed by atoms with Gasteiger partial charge in [0.2, 0.25) is 0 Å². The zero-order valence-electron chi connectivity index (χ0n) is 16.6. The molecule has 0 radical (unpaired) electrons. The highest BCUT2D eigenvalue weighted by molar-refractivity contribution is 6.07. The fraction of sp³-hybridized carbons (Fsp3) is 0.130. The summed E-state index contributed by atoms with van der Waals surface area (Å²) in [4.78, 5) is 24.9. The van der Waals surface area contributed by atoms with E-state index in [1.807, 2.05) is 13.0 Å². The molecule has 0 bridgehead atoms. The summed E-state index contributed by atoms with van der Waals surface area (Å²) in [5, 5.41) is 5.23. The van der Waals surface area contributed by atoms with Crippen LogP contribution in [-0.4, -0.2) is 25.5 Å². The number of halogens is 1. The van der Waals surface area contributed by atoms with Crippen molar-refractivity contribution in [2.24, 2.45) is 0 Å². The van der Waals surface area contributed by atoms with Crippen LogP contribution in [0.4, 0.5) is 15.8 Å². The zero-order valence-corrected chi connectivity index (χ0v) is 16.6. The average molecular weight is 408 g/mol. The Morgan fingerprint density at radius 2 is 1.63 bits per heavy atom. The zero-order chi connectivity index (χ0) is 21.5. The Balaban J connectivity index is 1.70. The van der Waals surface area contributed by atoms with Crippen molar-refractivity contribution in [1.82, 2.24) is 0 Å². The number of nitrogens with one attached hydrogen (secondary N) is 2. The van der Waals surface area contributed by atoms with Crippen molar-refractivity contribution >= 4 is 23.2 Å². The first-order valence-corrected chi connectivity index (χ1v) is 9.20. The number of anilines is 2. The van der Waals surface area contributed by atoms with Crippen molar-refractivity contribution in [3.05, 3.63) is 83.7 Å². The molecule has 2 N–H and O–H groups in total. The minimum Gasteiger partial charge on any atom is -0.495 e. The van der Waals surface area contributed by atoms with Gasteiger partial charge >= 0.3 is 0 Å². The van der Waals surface area contributed by atoms with Gasteiger partial charge in [0.25, 0.3) is 11.8 Å². The number of methoxy groups -OCH3 is 1. The minimum atomic E-state index is -0.546. The molecule has 0 aliphatic carbocycles. The van der Waals surface area contributed by atoms with Gasteiger partial charge in [-0.15, -0.1) is 0 Å². The van der Waals surface area contributed by atoms with Gasteiger partial charge < -0.3 is 20.1 Å². The lowest BCUT2D eigenvalue weighted by Crippen LogP contribution is -2.22. The summed E-state index contributed by atoms with van der Waals surface area (Å²) in [5.41, 5.74) is 1.79. The normalized spacial score (nSPS) is 10.2. The lowest BCUT2D eigenvalue weighted by atomic mass is 10.1. The van der Waals surface area contributed by atoms with Gasteiger partial charge in [0, 0.05) is 0 Å². The molecule has 7 heteroatoms. The Bertz CT molecular complexity index is 1070. The average Bonchev–Trinajstić information content (AvgIpc) is 2.74. The highest BCUT2D eigenvalue weighted by Crippen LogP contribution is 2.27. The number of carbonyl (C=O) groups is 2. The maximum atomic E-state index is 13.7. The third kappa shape index (κ3) is 5.14. The summed E-state index contributed by atoms with van der Waals surface area (Å²) < 4.78 is 24.5. The van der Waals surface area contributed by atoms with Crippen molar-refractivity contribution < 1.29 is 23.5 Å². The van der Waals surface area contributed by atoms with Crippen molar-refractivity contribution in [3.8, 4) is 11.5 Å². The molecule has 0 aromatic heterocycles. The van der Waals surface area contributed by atoms with Gasteiger partial charge in [-0.25, -0.2) is 4.39 Å². The largest absolute Gasteiger partial charge is 0.495 e. The summed E-state index contributed by atoms with van der Waals surface area (Å²) in [6.45, 7) is 1.52. The van der Waals surface area contributed by atoms with E-state index in [4.69, 9.17) is 9.47 Å². The smallest absolute Gasteiger partial charge is 0.262 e. The molecule has 3 rings (SSSR count). The summed E-state index contributed by atoms with van der Waals surface area (Å²) in [5.74, 6) is -0.751. The Kier molecular flexibility index (Phi) is 6.64. The van der Waals surface area contributed by atoms with Crippen LogP contribution in [0.15, 0.2) is 66.7 Å². The third-order valence-corrected chi connectivity index (χ3v) is 4.24. The van der Waals surface area contributed by atoms with Crippen molar-refractivity contribution in [2.45, 2.75) is 6.92 Å². The molecule has 0 atom stereocenters. The molecule has 3 aromatic rings. The molecule has 30 heavy (non-hydrogen) atoms. The number of aryl methyl sites for hydroxylation is 1. The fourth-order valence-corrected chi connectivity index (χ4v) is 2.78. The molecule has 154 valence electrons. The number of rotatable bonds is 7. The summed E-state index contributed by atoms with van der Waals surface area (Å²) in [6.07, 6.45) is 0. The molecule has 0 saturated carbocycles. The van der Waals surface area contributed by atoms with Crippen LogP contribution in [0.1, 0.15) is 15.9 Å². The maximum Gasteiger partial charge on any atom is 0.262 e. The molecular formula is C23H21FN2O4. The fourth-order valence-electron chi connectivity index (χ4n) is 2.78. The highest BCUT2D eigenvalue weighted by Gasteiger charge is 2.16. The van der Waals surface area contributed by atoms with E-state index in [0.717, 1.165) is 5.56 Å². The van der Waals surface area contributed by atoms with Crippen LogP contribution in [0.25, 0.3) is 0 Å². The van der Waals surface area contributed by atoms with Crippen LogP contribution in [0, 0.1) is 12.7 Å². The molecule has 0 saturated heterocycles. The number of carbonyl (C=O) groups excluding carboxylic acids is 2. The lowest BCUT2D eigenvalue weighted by molar-refractivity contribution is -0.118. The number of ether oxygens (including phenoxy) is 2. The van der Waals surface area contributed by atoms with Crippen LogP contribution in [0.3, 0.4) is 0 Å². The number of hydrogen-bond acceptors (Lipinski definition) is 4. The highest BCUT2D eigenvalue weighted by atomic mass is 19.1. The molecule has 6 nitrogen and oxygen atoms in total. The summed E-state index contributed by atoms with van der Waals surface area (Å²) in [6, 6.07) is 17.8. The van der Waals surface area contributed by atoms with Gasteiger partial charge in [0.05, 0.1) is 24.0 Å². The molecular weight excluding hydrogens is 387 g/mol. The lowest BCUT2D eigenvalue weighted by Gasteiger charge is -2.14. The number of benzene rings is 3. The Morgan fingerprint density at radius 1 is 0.900 bits per heavy atom. The number of para-hydroxylation sites is 2. The van der Waals surface area contributed by atoms with E-state index in [-0.39, 0.29) is 23.6 Å². The van der Waals surface area contributed by atoms with E-state index in [1.54, 1.807) is 42.5 Å². The van der Waals surface area contributed by atoms with Crippen LogP contribution in [0.2, 0.25) is 0 Å². The Labute approximate surface area is 173 Å². The molecule has 0 heterocycles. The molecule has 2 amide bonds. The number of hydrogen-bond donors (Lipinski definition) is 2. The van der Waals surface area contributed by atoms with Gasteiger partial charge in [-0.05, 0) is 48.9 Å². The first-order valence-electron chi connectivity index (χ1n) is 9.20. The van der Waals surface area contributed by atoms with Crippen molar-refractivity contribution in [2.75, 3.05) is 24.4 Å². The monoisotopic (exact) mass is 408 g/mol. The predicted octanol–water partition coefficient (Wildman–Crippen LogP) is 4.41. The molecule has 0 unspecified atom stereocenters. The second kappa shape index (κ2) is 9.56. The predicted molar refractivity (Wildman–Crippen MR) is 113 cm³/mol. The Hall–Kier alpha value is -3.87. The van der Waals surface area contributed by atoms with E-state index >= 15 is 0 Å². The molecule has 0 aliphatic rings. The van der Waals surface area contributed by atoms with Gasteiger partial charge in [-0.2, -0.15) is 0 Å². The SMILES string of the molecule is COc1ccc(C)cc1NC(=O)c1ccccc1OCC(=O)Nc1ccccc1F. The van der Waals surface area contributed by atoms with Crippen LogP contribution < -0.4 is 20.1 Å².